The number of alkyl halides is 2. The minimum absolute atomic E-state index is 0.101. The third-order valence-corrected chi connectivity index (χ3v) is 6.84. The second kappa shape index (κ2) is 9.20. The lowest BCUT2D eigenvalue weighted by atomic mass is 9.83. The quantitative estimate of drug-likeness (QED) is 0.521. The average molecular weight is 507 g/mol. The third kappa shape index (κ3) is 4.79. The number of fused-ring (bicyclic) bond motifs is 2. The first-order chi connectivity index (χ1) is 16.8. The summed E-state index contributed by atoms with van der Waals surface area (Å²) in [6.07, 6.45) is 0.134. The lowest BCUT2D eigenvalue weighted by Crippen LogP contribution is -2.57. The van der Waals surface area contributed by atoms with Crippen molar-refractivity contribution in [3.05, 3.63) is 64.7 Å². The van der Waals surface area contributed by atoms with Crippen LogP contribution in [-0.2, 0) is 15.5 Å². The van der Waals surface area contributed by atoms with Gasteiger partial charge >= 0.3 is 5.92 Å². The molecular weight excluding hydrogens is 482 g/mol. The molecule has 2 aliphatic rings. The van der Waals surface area contributed by atoms with E-state index >= 15 is 8.78 Å². The Bertz CT molecular complexity index is 1220. The average Bonchev–Trinajstić information content (AvgIpc) is 3.06. The monoisotopic (exact) mass is 507 g/mol. The Kier molecular flexibility index (Phi) is 6.54. The molecule has 0 aromatic heterocycles. The summed E-state index contributed by atoms with van der Waals surface area (Å²) in [6, 6.07) is 4.54. The number of anilines is 1. The van der Waals surface area contributed by atoms with E-state index in [1.54, 1.807) is 0 Å². The Morgan fingerprint density at radius 1 is 1.08 bits per heavy atom. The summed E-state index contributed by atoms with van der Waals surface area (Å²) >= 11 is 0. The minimum atomic E-state index is -4.30. The fourth-order valence-electron chi connectivity index (χ4n) is 5.23. The summed E-state index contributed by atoms with van der Waals surface area (Å²) in [4.78, 5) is 37.9. The topological polar surface area (TPSA) is 113 Å². The molecule has 0 radical (unpaired) electrons. The molecule has 2 heterocycles. The smallest absolute Gasteiger partial charge is 0.352 e. The predicted molar refractivity (Wildman–Crippen MR) is 121 cm³/mol. The van der Waals surface area contributed by atoms with Crippen LogP contribution in [0.2, 0.25) is 0 Å². The van der Waals surface area contributed by atoms with Gasteiger partial charge in [-0.25, -0.2) is 8.78 Å². The zero-order valence-corrected chi connectivity index (χ0v) is 19.4. The van der Waals surface area contributed by atoms with Gasteiger partial charge in [0.15, 0.2) is 0 Å². The van der Waals surface area contributed by atoms with Crippen molar-refractivity contribution in [2.45, 2.75) is 62.6 Å². The number of piperidine rings is 1. The zero-order chi connectivity index (χ0) is 26.4. The zero-order valence-electron chi connectivity index (χ0n) is 19.4. The number of nitrogens with one attached hydrogen (secondary N) is 1. The summed E-state index contributed by atoms with van der Waals surface area (Å²) in [5.41, 5.74) is 2.58. The van der Waals surface area contributed by atoms with Gasteiger partial charge in [0.25, 0.3) is 11.8 Å². The lowest BCUT2D eigenvalue weighted by molar-refractivity contribution is -0.169. The fraction of sp³-hybridized carbons (Fsp3) is 0.400. The van der Waals surface area contributed by atoms with E-state index in [2.05, 4.69) is 5.32 Å². The molecule has 0 saturated carbocycles. The van der Waals surface area contributed by atoms with Crippen LogP contribution in [0.5, 0.6) is 0 Å². The molecule has 11 heteroatoms. The highest BCUT2D eigenvalue weighted by Gasteiger charge is 2.56. The highest BCUT2D eigenvalue weighted by molar-refractivity contribution is 6.04. The summed E-state index contributed by atoms with van der Waals surface area (Å²) in [5, 5.41) is 13.1. The van der Waals surface area contributed by atoms with Crippen LogP contribution in [0.4, 0.5) is 23.2 Å². The maximum atomic E-state index is 15.4. The molecular formula is C25H25F4N3O4. The van der Waals surface area contributed by atoms with Crippen molar-refractivity contribution >= 4 is 23.4 Å². The Morgan fingerprint density at radius 2 is 1.69 bits per heavy atom. The third-order valence-electron chi connectivity index (χ3n) is 6.84. The minimum Gasteiger partial charge on any atom is -0.389 e. The number of aliphatic hydroxyl groups is 1. The largest absolute Gasteiger partial charge is 0.389 e. The number of hydrogen-bond donors (Lipinski definition) is 3. The van der Waals surface area contributed by atoms with Crippen molar-refractivity contribution in [1.29, 1.82) is 0 Å². The van der Waals surface area contributed by atoms with Gasteiger partial charge in [-0.2, -0.15) is 8.78 Å². The van der Waals surface area contributed by atoms with Gasteiger partial charge in [-0.05, 0) is 74.6 Å². The molecule has 192 valence electrons. The SMILES string of the molecule is Cc1cc(NC(=O)c2ccc(F)c(C(F)(F)C(=O)N3C4CCC3CC(O)(CC(N)=O)C4)c2)ccc1F. The number of rotatable bonds is 6. The van der Waals surface area contributed by atoms with Crippen LogP contribution in [-0.4, -0.2) is 45.4 Å². The van der Waals surface area contributed by atoms with Crippen molar-refractivity contribution in [3.63, 3.8) is 0 Å². The standard InChI is InChI=1S/C25H25F4N3O4/c1-13-8-15(3-7-19(13)26)31-22(34)14-2-6-20(27)18(9-14)25(28,29)23(35)32-16-4-5-17(32)11-24(36,10-16)12-21(30)33/h2-3,6-9,16-17,36H,4-5,10-12H2,1H3,(H2,30,33)(H,31,34). The molecule has 2 saturated heterocycles. The summed E-state index contributed by atoms with van der Waals surface area (Å²) in [6.45, 7) is 1.48. The molecule has 7 nitrogen and oxygen atoms in total. The van der Waals surface area contributed by atoms with Gasteiger partial charge in [0, 0.05) is 23.3 Å². The van der Waals surface area contributed by atoms with Crippen molar-refractivity contribution in [1.82, 2.24) is 4.90 Å². The van der Waals surface area contributed by atoms with Crippen molar-refractivity contribution < 1.29 is 37.1 Å². The van der Waals surface area contributed by atoms with Crippen molar-refractivity contribution in [2.75, 3.05) is 5.32 Å². The maximum Gasteiger partial charge on any atom is 0.352 e. The number of benzene rings is 2. The first-order valence-corrected chi connectivity index (χ1v) is 11.4. The normalized spacial score (nSPS) is 23.4. The second-order valence-electron chi connectivity index (χ2n) is 9.56. The van der Waals surface area contributed by atoms with Crippen molar-refractivity contribution in [3.8, 4) is 0 Å². The molecule has 2 aromatic carbocycles. The Balaban J connectivity index is 1.57. The van der Waals surface area contributed by atoms with Crippen LogP contribution < -0.4 is 11.1 Å². The first kappa shape index (κ1) is 25.6. The molecule has 4 N–H and O–H groups in total. The van der Waals surface area contributed by atoms with Gasteiger partial charge in [-0.1, -0.05) is 0 Å². The molecule has 2 aromatic rings. The Labute approximate surface area is 204 Å². The summed E-state index contributed by atoms with van der Waals surface area (Å²) < 4.78 is 58.8. The molecule has 0 aliphatic carbocycles. The number of carbonyl (C=O) groups excluding carboxylic acids is 3. The maximum absolute atomic E-state index is 15.4. The molecule has 2 unspecified atom stereocenters. The van der Waals surface area contributed by atoms with E-state index in [4.69, 9.17) is 5.73 Å². The molecule has 3 amide bonds. The second-order valence-corrected chi connectivity index (χ2v) is 9.56. The van der Waals surface area contributed by atoms with Crippen LogP contribution in [0.3, 0.4) is 0 Å². The number of primary amides is 1. The fourth-order valence-corrected chi connectivity index (χ4v) is 5.23. The van der Waals surface area contributed by atoms with E-state index < -0.39 is 58.5 Å². The van der Waals surface area contributed by atoms with Gasteiger partial charge in [0.05, 0.1) is 17.6 Å². The van der Waals surface area contributed by atoms with E-state index in [-0.39, 0.29) is 36.1 Å². The van der Waals surface area contributed by atoms with Gasteiger partial charge in [-0.3, -0.25) is 14.4 Å². The van der Waals surface area contributed by atoms with E-state index in [9.17, 15) is 28.3 Å². The number of hydrogen-bond acceptors (Lipinski definition) is 4. The van der Waals surface area contributed by atoms with Gasteiger partial charge < -0.3 is 21.1 Å². The molecule has 0 spiro atoms. The Morgan fingerprint density at radius 3 is 2.28 bits per heavy atom. The van der Waals surface area contributed by atoms with Gasteiger partial charge in [0.1, 0.15) is 11.6 Å². The van der Waals surface area contributed by atoms with Crippen molar-refractivity contribution in [2.24, 2.45) is 5.73 Å². The molecule has 2 bridgehead atoms. The van der Waals surface area contributed by atoms with E-state index in [0.29, 0.717) is 25.0 Å². The van der Waals surface area contributed by atoms with Gasteiger partial charge in [0.2, 0.25) is 5.91 Å². The molecule has 36 heavy (non-hydrogen) atoms. The van der Waals surface area contributed by atoms with Crippen LogP contribution in [0.25, 0.3) is 0 Å². The molecule has 2 aliphatic heterocycles. The molecule has 4 rings (SSSR count). The highest BCUT2D eigenvalue weighted by Crippen LogP contribution is 2.45. The molecule has 2 atom stereocenters. The van der Waals surface area contributed by atoms with E-state index in [0.717, 1.165) is 17.0 Å². The number of aryl methyl sites for hydroxylation is 1. The summed E-state index contributed by atoms with van der Waals surface area (Å²) in [7, 11) is 0. The molecule has 2 fully saturated rings. The number of nitrogens with two attached hydrogens (primary N) is 1. The van der Waals surface area contributed by atoms with E-state index in [1.165, 1.54) is 19.1 Å². The Hall–Kier alpha value is -3.47. The number of halogens is 4. The van der Waals surface area contributed by atoms with Crippen LogP contribution in [0.1, 0.15) is 53.6 Å². The van der Waals surface area contributed by atoms with Crippen LogP contribution in [0.15, 0.2) is 36.4 Å². The van der Waals surface area contributed by atoms with Gasteiger partial charge in [-0.15, -0.1) is 0 Å². The highest BCUT2D eigenvalue weighted by atomic mass is 19.3. The predicted octanol–water partition coefficient (Wildman–Crippen LogP) is 3.38. The van der Waals surface area contributed by atoms with Crippen LogP contribution in [0, 0.1) is 18.6 Å². The number of carbonyl (C=O) groups is 3. The number of nitrogens with zero attached hydrogens (tertiary/aromatic N) is 1. The number of amides is 3. The lowest BCUT2D eigenvalue weighted by Gasteiger charge is -2.44. The van der Waals surface area contributed by atoms with E-state index in [1.807, 2.05) is 0 Å². The summed E-state index contributed by atoms with van der Waals surface area (Å²) in [5.74, 6) is -9.38. The first-order valence-electron chi connectivity index (χ1n) is 11.4. The van der Waals surface area contributed by atoms with Crippen LogP contribution >= 0.6 is 0 Å².